The molecule has 1 aliphatic carbocycles. The van der Waals surface area contributed by atoms with Crippen molar-refractivity contribution in [2.24, 2.45) is 0 Å². The molecule has 176 valence electrons. The van der Waals surface area contributed by atoms with Gasteiger partial charge in [-0.2, -0.15) is 0 Å². The number of amides is 1. The molecule has 1 heterocycles. The lowest BCUT2D eigenvalue weighted by Crippen LogP contribution is -2.45. The van der Waals surface area contributed by atoms with E-state index < -0.39 is 11.9 Å². The number of nitrogens with one attached hydrogen (secondary N) is 2. The number of aliphatic carboxylic acids is 2. The number of hydrogen-bond acceptors (Lipinski definition) is 5. The quantitative estimate of drug-likeness (QED) is 0.358. The third-order valence-corrected chi connectivity index (χ3v) is 5.72. The van der Waals surface area contributed by atoms with E-state index >= 15 is 0 Å². The molecule has 1 saturated heterocycles. The van der Waals surface area contributed by atoms with Crippen molar-refractivity contribution in [3.8, 4) is 0 Å². The number of rotatable bonds is 8. The average Bonchev–Trinajstić information content (AvgIpc) is 2.80. The van der Waals surface area contributed by atoms with Crippen LogP contribution in [0, 0.1) is 0 Å². The molecular weight excluding hydrogens is 410 g/mol. The predicted molar refractivity (Wildman–Crippen MR) is 122 cm³/mol. The Hall–Kier alpha value is -2.71. The molecule has 3 rings (SSSR count). The van der Waals surface area contributed by atoms with Gasteiger partial charge in [0.2, 0.25) is 5.91 Å². The van der Waals surface area contributed by atoms with E-state index in [0.717, 1.165) is 45.4 Å². The Kier molecular flexibility index (Phi) is 11.5. The molecule has 8 nitrogen and oxygen atoms in total. The highest BCUT2D eigenvalue weighted by Gasteiger charge is 2.19. The van der Waals surface area contributed by atoms with Gasteiger partial charge >= 0.3 is 11.9 Å². The van der Waals surface area contributed by atoms with E-state index in [2.05, 4.69) is 51.9 Å². The van der Waals surface area contributed by atoms with E-state index in [4.69, 9.17) is 19.8 Å². The van der Waals surface area contributed by atoms with E-state index in [0.29, 0.717) is 12.6 Å². The fourth-order valence-electron chi connectivity index (χ4n) is 3.93. The maximum absolute atomic E-state index is 12.0. The van der Waals surface area contributed by atoms with E-state index in [-0.39, 0.29) is 5.91 Å². The van der Waals surface area contributed by atoms with Crippen molar-refractivity contribution in [3.63, 3.8) is 0 Å². The third kappa shape index (κ3) is 10.5. The van der Waals surface area contributed by atoms with Crippen LogP contribution in [0.5, 0.6) is 0 Å². The first-order chi connectivity index (χ1) is 15.4. The first kappa shape index (κ1) is 25.5. The standard InChI is InChI=1S/C22H33N3O.C2H2O4/c26-22(23-14-11-19-7-3-1-4-8-19)17-24-21-12-15-25(16-13-21)18-20-9-5-2-6-10-20;3-1(4)2(5)6/h2,5-7,9-10,21,24H,1,3-4,8,11-18H2,(H,23,26);(H,3,4)(H,5,6). The summed E-state index contributed by atoms with van der Waals surface area (Å²) in [6.45, 7) is 4.46. The molecule has 1 aromatic carbocycles. The minimum absolute atomic E-state index is 0.133. The van der Waals surface area contributed by atoms with Gasteiger partial charge < -0.3 is 20.8 Å². The van der Waals surface area contributed by atoms with Crippen molar-refractivity contribution in [2.75, 3.05) is 26.2 Å². The number of piperidine rings is 1. The van der Waals surface area contributed by atoms with Crippen LogP contribution in [0.1, 0.15) is 50.5 Å². The lowest BCUT2D eigenvalue weighted by atomic mass is 9.97. The highest BCUT2D eigenvalue weighted by atomic mass is 16.4. The zero-order valence-electron chi connectivity index (χ0n) is 18.6. The number of nitrogens with zero attached hydrogens (tertiary/aromatic N) is 1. The highest BCUT2D eigenvalue weighted by Crippen LogP contribution is 2.19. The van der Waals surface area contributed by atoms with Crippen molar-refractivity contribution < 1.29 is 24.6 Å². The summed E-state index contributed by atoms with van der Waals surface area (Å²) in [4.78, 5) is 32.7. The number of hydrogen-bond donors (Lipinski definition) is 4. The Morgan fingerprint density at radius 1 is 1.00 bits per heavy atom. The van der Waals surface area contributed by atoms with Crippen molar-refractivity contribution in [2.45, 2.75) is 57.5 Å². The van der Waals surface area contributed by atoms with Crippen LogP contribution in [0.2, 0.25) is 0 Å². The van der Waals surface area contributed by atoms with Crippen LogP contribution < -0.4 is 10.6 Å². The van der Waals surface area contributed by atoms with Crippen LogP contribution in [0.3, 0.4) is 0 Å². The Morgan fingerprint density at radius 3 is 2.28 bits per heavy atom. The van der Waals surface area contributed by atoms with Crippen molar-refractivity contribution in [1.82, 2.24) is 15.5 Å². The van der Waals surface area contributed by atoms with E-state index in [1.807, 2.05) is 0 Å². The smallest absolute Gasteiger partial charge is 0.414 e. The number of carbonyl (C=O) groups excluding carboxylic acids is 1. The molecule has 0 radical (unpaired) electrons. The summed E-state index contributed by atoms with van der Waals surface area (Å²) in [6.07, 6.45) is 10.7. The van der Waals surface area contributed by atoms with E-state index in [1.54, 1.807) is 0 Å². The van der Waals surface area contributed by atoms with Crippen LogP contribution in [0.4, 0.5) is 0 Å². The fraction of sp³-hybridized carbons (Fsp3) is 0.542. The molecular formula is C24H35N3O5. The van der Waals surface area contributed by atoms with Gasteiger partial charge in [-0.25, -0.2) is 9.59 Å². The van der Waals surface area contributed by atoms with Gasteiger partial charge in [0.15, 0.2) is 0 Å². The number of carboxylic acids is 2. The lowest BCUT2D eigenvalue weighted by Gasteiger charge is -2.32. The predicted octanol–water partition coefficient (Wildman–Crippen LogP) is 2.40. The van der Waals surface area contributed by atoms with Crippen molar-refractivity contribution in [3.05, 3.63) is 47.5 Å². The van der Waals surface area contributed by atoms with Crippen molar-refractivity contribution in [1.29, 1.82) is 0 Å². The minimum atomic E-state index is -1.82. The molecule has 8 heteroatoms. The summed E-state index contributed by atoms with van der Waals surface area (Å²) in [7, 11) is 0. The summed E-state index contributed by atoms with van der Waals surface area (Å²) in [5.74, 6) is -3.52. The first-order valence-corrected chi connectivity index (χ1v) is 11.3. The Labute approximate surface area is 189 Å². The molecule has 0 aromatic heterocycles. The van der Waals surface area contributed by atoms with Gasteiger partial charge in [0.1, 0.15) is 0 Å². The Morgan fingerprint density at radius 2 is 1.69 bits per heavy atom. The normalized spacial score (nSPS) is 16.9. The second kappa shape index (κ2) is 14.4. The molecule has 32 heavy (non-hydrogen) atoms. The zero-order chi connectivity index (χ0) is 23.2. The van der Waals surface area contributed by atoms with Crippen LogP contribution in [-0.2, 0) is 20.9 Å². The maximum atomic E-state index is 12.0. The number of benzene rings is 1. The summed E-state index contributed by atoms with van der Waals surface area (Å²) in [5, 5.41) is 21.3. The molecule has 0 unspecified atom stereocenters. The number of likely N-dealkylation sites (tertiary alicyclic amines) is 1. The van der Waals surface area contributed by atoms with Gasteiger partial charge in [-0.1, -0.05) is 42.0 Å². The van der Waals surface area contributed by atoms with Gasteiger partial charge in [0.05, 0.1) is 6.54 Å². The lowest BCUT2D eigenvalue weighted by molar-refractivity contribution is -0.159. The molecule has 0 spiro atoms. The highest BCUT2D eigenvalue weighted by molar-refractivity contribution is 6.27. The summed E-state index contributed by atoms with van der Waals surface area (Å²) in [6, 6.07) is 11.1. The minimum Gasteiger partial charge on any atom is -0.473 e. The van der Waals surface area contributed by atoms with E-state index in [1.165, 1.54) is 36.8 Å². The second-order valence-corrected chi connectivity index (χ2v) is 8.24. The fourth-order valence-corrected chi connectivity index (χ4v) is 3.93. The first-order valence-electron chi connectivity index (χ1n) is 11.3. The molecule has 1 amide bonds. The van der Waals surface area contributed by atoms with E-state index in [9.17, 15) is 4.79 Å². The summed E-state index contributed by atoms with van der Waals surface area (Å²) >= 11 is 0. The Balaban J connectivity index is 0.000000534. The molecule has 0 atom stereocenters. The molecule has 1 aromatic rings. The van der Waals surface area contributed by atoms with Gasteiger partial charge in [0.25, 0.3) is 0 Å². The largest absolute Gasteiger partial charge is 0.473 e. The summed E-state index contributed by atoms with van der Waals surface area (Å²) < 4.78 is 0. The zero-order valence-corrected chi connectivity index (χ0v) is 18.6. The molecule has 0 bridgehead atoms. The van der Waals surface area contributed by atoms with Gasteiger partial charge in [-0.15, -0.1) is 0 Å². The van der Waals surface area contributed by atoms with Gasteiger partial charge in [0, 0.05) is 19.1 Å². The van der Waals surface area contributed by atoms with Crippen LogP contribution >= 0.6 is 0 Å². The van der Waals surface area contributed by atoms with Gasteiger partial charge in [-0.05, 0) is 63.6 Å². The maximum Gasteiger partial charge on any atom is 0.414 e. The van der Waals surface area contributed by atoms with Crippen LogP contribution in [-0.4, -0.2) is 65.2 Å². The molecule has 1 fully saturated rings. The molecule has 0 saturated carbocycles. The number of carboxylic acid groups (broad SMARTS) is 2. The second-order valence-electron chi connectivity index (χ2n) is 8.24. The monoisotopic (exact) mass is 445 g/mol. The SMILES string of the molecule is O=C(CNC1CCN(Cc2ccccc2)CC1)NCCC1=CCCCC1.O=C(O)C(=O)O. The van der Waals surface area contributed by atoms with Crippen molar-refractivity contribution >= 4 is 17.8 Å². The Bertz CT molecular complexity index is 746. The van der Waals surface area contributed by atoms with Crippen LogP contribution in [0.15, 0.2) is 42.0 Å². The molecule has 2 aliphatic rings. The van der Waals surface area contributed by atoms with Gasteiger partial charge in [-0.3, -0.25) is 9.69 Å². The topological polar surface area (TPSA) is 119 Å². The third-order valence-electron chi connectivity index (χ3n) is 5.72. The molecule has 1 aliphatic heterocycles. The number of allylic oxidation sites excluding steroid dienone is 1. The number of carbonyl (C=O) groups is 3. The summed E-state index contributed by atoms with van der Waals surface area (Å²) in [5.41, 5.74) is 2.90. The van der Waals surface area contributed by atoms with Crippen LogP contribution in [0.25, 0.3) is 0 Å². The molecule has 4 N–H and O–H groups in total. The average molecular weight is 446 g/mol.